The van der Waals surface area contributed by atoms with Crippen LogP contribution in [0, 0.1) is 11.3 Å². The average Bonchev–Trinajstić information content (AvgIpc) is 2.37. The Bertz CT molecular complexity index is 440. The summed E-state index contributed by atoms with van der Waals surface area (Å²) in [6.45, 7) is 12.5. The molecule has 0 saturated heterocycles. The van der Waals surface area contributed by atoms with Crippen LogP contribution in [0.5, 0.6) is 0 Å². The summed E-state index contributed by atoms with van der Waals surface area (Å²) >= 11 is 1.53. The topological polar surface area (TPSA) is 43.4 Å². The van der Waals surface area contributed by atoms with Gasteiger partial charge in [0.05, 0.1) is 11.9 Å². The Labute approximate surface area is 139 Å². The highest BCUT2D eigenvalue weighted by Gasteiger charge is 2.38. The van der Waals surface area contributed by atoms with Gasteiger partial charge in [-0.25, -0.2) is 0 Å². The van der Waals surface area contributed by atoms with Gasteiger partial charge in [0.1, 0.15) is 5.78 Å². The van der Waals surface area contributed by atoms with Crippen molar-refractivity contribution in [1.82, 2.24) is 0 Å². The first-order valence-corrected chi connectivity index (χ1v) is 9.14. The second-order valence-corrected chi connectivity index (χ2v) is 8.70. The molecule has 0 heterocycles. The lowest BCUT2D eigenvalue weighted by atomic mass is 9.66. The van der Waals surface area contributed by atoms with Crippen molar-refractivity contribution in [3.63, 3.8) is 0 Å². The molecule has 3 atom stereocenters. The van der Waals surface area contributed by atoms with Crippen molar-refractivity contribution in [2.75, 3.05) is 6.61 Å². The van der Waals surface area contributed by atoms with E-state index in [1.165, 1.54) is 17.3 Å². The van der Waals surface area contributed by atoms with Crippen LogP contribution in [0.15, 0.2) is 11.6 Å². The smallest absolute Gasteiger partial charge is 0.318 e. The summed E-state index contributed by atoms with van der Waals surface area (Å²) in [5, 5.41) is -0.101. The summed E-state index contributed by atoms with van der Waals surface area (Å²) in [7, 11) is 0. The minimum Gasteiger partial charge on any atom is -0.465 e. The van der Waals surface area contributed by atoms with E-state index < -0.39 is 0 Å². The fourth-order valence-electron chi connectivity index (χ4n) is 3.35. The molecule has 4 heteroatoms. The minimum atomic E-state index is -0.223. The van der Waals surface area contributed by atoms with Gasteiger partial charge in [-0.3, -0.25) is 9.59 Å². The highest BCUT2D eigenvalue weighted by molar-refractivity contribution is 8.01. The van der Waals surface area contributed by atoms with Crippen LogP contribution in [0.4, 0.5) is 0 Å². The van der Waals surface area contributed by atoms with E-state index in [0.29, 0.717) is 18.8 Å². The van der Waals surface area contributed by atoms with Crippen LogP contribution in [0.3, 0.4) is 0 Å². The van der Waals surface area contributed by atoms with E-state index in [9.17, 15) is 9.59 Å². The van der Waals surface area contributed by atoms with Crippen LogP contribution in [0.25, 0.3) is 0 Å². The predicted octanol–water partition coefficient (Wildman–Crippen LogP) is 4.40. The van der Waals surface area contributed by atoms with Crippen molar-refractivity contribution in [1.29, 1.82) is 0 Å². The summed E-state index contributed by atoms with van der Waals surface area (Å²) in [5.41, 5.74) is 1.24. The first-order chi connectivity index (χ1) is 10.2. The minimum absolute atomic E-state index is 0.0159. The number of allylic oxidation sites excluding steroid dienone is 2. The van der Waals surface area contributed by atoms with Gasteiger partial charge in [-0.15, -0.1) is 11.8 Å². The molecule has 0 N–H and O–H groups in total. The number of Topliss-reactive ketones (excluding diaryl/α,β-unsaturated/α-hetero) is 1. The van der Waals surface area contributed by atoms with Crippen LogP contribution in [0.2, 0.25) is 0 Å². The fraction of sp³-hybridized carbons (Fsp3) is 0.778. The number of thioether (sulfide) groups is 1. The molecule has 1 aliphatic rings. The van der Waals surface area contributed by atoms with Gasteiger partial charge in [0.2, 0.25) is 0 Å². The Hall–Kier alpha value is -0.770. The molecular formula is C18H30O3S. The maximum Gasteiger partial charge on any atom is 0.318 e. The van der Waals surface area contributed by atoms with Gasteiger partial charge in [-0.2, -0.15) is 0 Å². The van der Waals surface area contributed by atoms with Gasteiger partial charge in [0, 0.05) is 17.6 Å². The Balaban J connectivity index is 2.62. The van der Waals surface area contributed by atoms with Gasteiger partial charge < -0.3 is 4.74 Å². The SMILES string of the molecule is CCOC(=O)C(C)SC(C)CC(=O)C1C(C)=CCCC1(C)C. The van der Waals surface area contributed by atoms with Crippen molar-refractivity contribution >= 4 is 23.5 Å². The summed E-state index contributed by atoms with van der Waals surface area (Å²) in [6.07, 6.45) is 4.83. The number of hydrogen-bond donors (Lipinski definition) is 0. The summed E-state index contributed by atoms with van der Waals surface area (Å²) in [6, 6.07) is 0. The summed E-state index contributed by atoms with van der Waals surface area (Å²) < 4.78 is 5.02. The third-order valence-corrected chi connectivity index (χ3v) is 5.59. The second-order valence-electron chi connectivity index (χ2n) is 6.92. The maximum absolute atomic E-state index is 12.7. The molecule has 3 nitrogen and oxygen atoms in total. The molecule has 0 aromatic heterocycles. The Morgan fingerprint density at radius 1 is 1.41 bits per heavy atom. The van der Waals surface area contributed by atoms with Crippen LogP contribution >= 0.6 is 11.8 Å². The Morgan fingerprint density at radius 3 is 2.59 bits per heavy atom. The number of esters is 1. The molecular weight excluding hydrogens is 296 g/mol. The fourth-order valence-corrected chi connectivity index (χ4v) is 4.49. The van der Waals surface area contributed by atoms with E-state index in [-0.39, 0.29) is 27.8 Å². The second kappa shape index (κ2) is 8.19. The molecule has 0 amide bonds. The van der Waals surface area contributed by atoms with E-state index >= 15 is 0 Å². The van der Waals surface area contributed by atoms with Gasteiger partial charge in [0.25, 0.3) is 0 Å². The Morgan fingerprint density at radius 2 is 2.05 bits per heavy atom. The largest absolute Gasteiger partial charge is 0.465 e. The lowest BCUT2D eigenvalue weighted by Crippen LogP contribution is -2.35. The summed E-state index contributed by atoms with van der Waals surface area (Å²) in [5.74, 6) is 0.123. The molecule has 0 aromatic rings. The Kier molecular flexibility index (Phi) is 7.17. The lowest BCUT2D eigenvalue weighted by molar-refractivity contribution is -0.142. The van der Waals surface area contributed by atoms with E-state index in [0.717, 1.165) is 12.8 Å². The van der Waals surface area contributed by atoms with E-state index in [2.05, 4.69) is 26.8 Å². The molecule has 3 unspecified atom stereocenters. The van der Waals surface area contributed by atoms with Crippen molar-refractivity contribution in [2.24, 2.45) is 11.3 Å². The van der Waals surface area contributed by atoms with Crippen molar-refractivity contribution in [2.45, 2.75) is 71.3 Å². The van der Waals surface area contributed by atoms with Crippen LogP contribution in [0.1, 0.15) is 60.8 Å². The zero-order valence-electron chi connectivity index (χ0n) is 14.8. The van der Waals surface area contributed by atoms with Gasteiger partial charge in [-0.05, 0) is 39.0 Å². The molecule has 0 fully saturated rings. The normalized spacial score (nSPS) is 23.4. The molecule has 0 spiro atoms. The average molecular weight is 327 g/mol. The van der Waals surface area contributed by atoms with Crippen molar-refractivity contribution < 1.29 is 14.3 Å². The van der Waals surface area contributed by atoms with Crippen molar-refractivity contribution in [3.8, 4) is 0 Å². The monoisotopic (exact) mass is 326 g/mol. The zero-order chi connectivity index (χ0) is 16.9. The number of hydrogen-bond acceptors (Lipinski definition) is 4. The van der Waals surface area contributed by atoms with Gasteiger partial charge in [-0.1, -0.05) is 32.4 Å². The number of carbonyl (C=O) groups is 2. The highest BCUT2D eigenvalue weighted by Crippen LogP contribution is 2.42. The standard InChI is InChI=1S/C18H30O3S/c1-7-21-17(20)14(4)22-13(3)11-15(19)16-12(2)9-8-10-18(16,5)6/h9,13-14,16H,7-8,10-11H2,1-6H3. The summed E-state index contributed by atoms with van der Waals surface area (Å²) in [4.78, 5) is 24.4. The predicted molar refractivity (Wildman–Crippen MR) is 93.0 cm³/mol. The lowest BCUT2D eigenvalue weighted by Gasteiger charge is -2.37. The molecule has 0 radical (unpaired) electrons. The van der Waals surface area contributed by atoms with Gasteiger partial charge in [0.15, 0.2) is 0 Å². The molecule has 0 aromatic carbocycles. The first kappa shape index (κ1) is 19.3. The molecule has 22 heavy (non-hydrogen) atoms. The third-order valence-electron chi connectivity index (χ3n) is 4.36. The molecule has 126 valence electrons. The number of rotatable bonds is 7. The molecule has 0 bridgehead atoms. The van der Waals surface area contributed by atoms with Gasteiger partial charge >= 0.3 is 5.97 Å². The maximum atomic E-state index is 12.7. The van der Waals surface area contributed by atoms with Crippen LogP contribution in [-0.2, 0) is 14.3 Å². The number of ketones is 1. The van der Waals surface area contributed by atoms with Crippen LogP contribution in [-0.4, -0.2) is 28.9 Å². The molecule has 0 saturated carbocycles. The van der Waals surface area contributed by atoms with Crippen molar-refractivity contribution in [3.05, 3.63) is 11.6 Å². The highest BCUT2D eigenvalue weighted by atomic mass is 32.2. The van der Waals surface area contributed by atoms with E-state index in [1.54, 1.807) is 0 Å². The zero-order valence-corrected chi connectivity index (χ0v) is 15.6. The molecule has 0 aliphatic heterocycles. The third kappa shape index (κ3) is 5.15. The number of carbonyl (C=O) groups excluding carboxylic acids is 2. The van der Waals surface area contributed by atoms with E-state index in [1.807, 2.05) is 20.8 Å². The first-order valence-electron chi connectivity index (χ1n) is 8.20. The van der Waals surface area contributed by atoms with Crippen LogP contribution < -0.4 is 0 Å². The molecule has 1 rings (SSSR count). The number of ether oxygens (including phenoxy) is 1. The quantitative estimate of drug-likeness (QED) is 0.514. The molecule has 1 aliphatic carbocycles. The van der Waals surface area contributed by atoms with E-state index in [4.69, 9.17) is 4.74 Å².